The Balaban J connectivity index is 3.07. The van der Waals surface area contributed by atoms with Crippen LogP contribution < -0.4 is 4.74 Å². The number of hydrogen-bond donors (Lipinski definition) is 1. The molecule has 84 valence electrons. The van der Waals surface area contributed by atoms with Crippen molar-refractivity contribution in [1.29, 1.82) is 0 Å². The fourth-order valence-electron chi connectivity index (χ4n) is 2.17. The molecule has 1 aromatic rings. The first-order valence-electron chi connectivity index (χ1n) is 5.36. The summed E-state index contributed by atoms with van der Waals surface area (Å²) < 4.78 is 5.26. The van der Waals surface area contributed by atoms with Gasteiger partial charge in [-0.15, -0.1) is 0 Å². The van der Waals surface area contributed by atoms with Gasteiger partial charge in [-0.05, 0) is 60.8 Å². The fraction of sp³-hybridized carbons (Fsp3) is 0.538. The molecule has 2 heteroatoms. The topological polar surface area (TPSA) is 9.23 Å². The van der Waals surface area contributed by atoms with Crippen molar-refractivity contribution in [3.8, 4) is 5.75 Å². The van der Waals surface area contributed by atoms with Crippen molar-refractivity contribution >= 4 is 12.6 Å². The second kappa shape index (κ2) is 5.45. The number of benzene rings is 1. The van der Waals surface area contributed by atoms with Crippen molar-refractivity contribution < 1.29 is 4.74 Å². The van der Waals surface area contributed by atoms with E-state index in [1.165, 1.54) is 16.7 Å². The molecule has 1 aromatic carbocycles. The van der Waals surface area contributed by atoms with Crippen LogP contribution in [0, 0.1) is 13.8 Å². The number of hydrogen-bond acceptors (Lipinski definition) is 2. The van der Waals surface area contributed by atoms with E-state index >= 15 is 0 Å². The quantitative estimate of drug-likeness (QED) is 0.767. The minimum Gasteiger partial charge on any atom is -0.497 e. The van der Waals surface area contributed by atoms with Crippen molar-refractivity contribution in [3.63, 3.8) is 0 Å². The van der Waals surface area contributed by atoms with Crippen molar-refractivity contribution in [3.05, 3.63) is 28.8 Å². The summed E-state index contributed by atoms with van der Waals surface area (Å²) >= 11 is 4.29. The molecule has 1 rings (SSSR count). The Hall–Kier alpha value is -0.630. The molecule has 0 aromatic heterocycles. The highest BCUT2D eigenvalue weighted by atomic mass is 32.1. The number of ether oxygens (including phenoxy) is 1. The Bertz CT molecular complexity index is 310. The van der Waals surface area contributed by atoms with E-state index in [2.05, 4.69) is 45.5 Å². The highest BCUT2D eigenvalue weighted by molar-refractivity contribution is 7.80. The van der Waals surface area contributed by atoms with E-state index in [1.54, 1.807) is 7.11 Å². The third-order valence-corrected chi connectivity index (χ3v) is 3.12. The van der Waals surface area contributed by atoms with Gasteiger partial charge in [-0.3, -0.25) is 0 Å². The maximum atomic E-state index is 5.26. The van der Waals surface area contributed by atoms with Crippen LogP contribution in [0.5, 0.6) is 5.75 Å². The van der Waals surface area contributed by atoms with E-state index in [4.69, 9.17) is 4.74 Å². The molecule has 0 spiro atoms. The molecular formula is C13H20OS. The van der Waals surface area contributed by atoms with Crippen molar-refractivity contribution in [2.24, 2.45) is 0 Å². The van der Waals surface area contributed by atoms with Gasteiger partial charge >= 0.3 is 0 Å². The molecule has 0 radical (unpaired) electrons. The Morgan fingerprint density at radius 2 is 1.80 bits per heavy atom. The van der Waals surface area contributed by atoms with Crippen LogP contribution in [0.25, 0.3) is 0 Å². The van der Waals surface area contributed by atoms with Crippen molar-refractivity contribution in [2.45, 2.75) is 33.1 Å². The summed E-state index contributed by atoms with van der Waals surface area (Å²) in [4.78, 5) is 0. The Morgan fingerprint density at radius 1 is 1.27 bits per heavy atom. The van der Waals surface area contributed by atoms with Gasteiger partial charge in [-0.1, -0.05) is 6.92 Å². The van der Waals surface area contributed by atoms with E-state index in [9.17, 15) is 0 Å². The zero-order chi connectivity index (χ0) is 11.4. The number of rotatable bonds is 4. The van der Waals surface area contributed by atoms with Crippen LogP contribution in [0.15, 0.2) is 12.1 Å². The molecule has 0 fully saturated rings. The van der Waals surface area contributed by atoms with E-state index < -0.39 is 0 Å². The molecule has 0 bridgehead atoms. The fourth-order valence-corrected chi connectivity index (χ4v) is 2.56. The summed E-state index contributed by atoms with van der Waals surface area (Å²) in [7, 11) is 1.71. The number of methoxy groups -OCH3 is 1. The molecular weight excluding hydrogens is 204 g/mol. The van der Waals surface area contributed by atoms with Crippen LogP contribution in [0.3, 0.4) is 0 Å². The van der Waals surface area contributed by atoms with Crippen LogP contribution >= 0.6 is 12.6 Å². The predicted molar refractivity (Wildman–Crippen MR) is 69.4 cm³/mol. The van der Waals surface area contributed by atoms with Gasteiger partial charge < -0.3 is 4.74 Å². The first-order valence-corrected chi connectivity index (χ1v) is 5.99. The van der Waals surface area contributed by atoms with Gasteiger partial charge in [-0.2, -0.15) is 12.6 Å². The summed E-state index contributed by atoms with van der Waals surface area (Å²) in [5, 5.41) is 0. The van der Waals surface area contributed by atoms with E-state index in [0.717, 1.165) is 17.9 Å². The predicted octanol–water partition coefficient (Wildman–Crippen LogP) is 3.74. The summed E-state index contributed by atoms with van der Waals surface area (Å²) in [6, 6.07) is 4.22. The van der Waals surface area contributed by atoms with Crippen LogP contribution in [-0.4, -0.2) is 12.9 Å². The summed E-state index contributed by atoms with van der Waals surface area (Å²) in [6.07, 6.45) is 1.12. The Kier molecular flexibility index (Phi) is 4.52. The molecule has 1 atom stereocenters. The molecule has 0 amide bonds. The average Bonchev–Trinajstić information content (AvgIpc) is 2.16. The van der Waals surface area contributed by atoms with Crippen LogP contribution in [0.4, 0.5) is 0 Å². The monoisotopic (exact) mass is 224 g/mol. The third-order valence-electron chi connectivity index (χ3n) is 2.86. The van der Waals surface area contributed by atoms with Gasteiger partial charge in [0, 0.05) is 0 Å². The molecule has 0 saturated heterocycles. The van der Waals surface area contributed by atoms with Crippen LogP contribution in [-0.2, 0) is 0 Å². The molecule has 0 N–H and O–H groups in total. The van der Waals surface area contributed by atoms with Gasteiger partial charge in [0.05, 0.1) is 7.11 Å². The first-order chi connectivity index (χ1) is 7.10. The molecule has 0 heterocycles. The normalized spacial score (nSPS) is 12.6. The van der Waals surface area contributed by atoms with Crippen molar-refractivity contribution in [2.75, 3.05) is 12.9 Å². The first kappa shape index (κ1) is 12.4. The minimum atomic E-state index is 0.577. The Morgan fingerprint density at radius 3 is 2.20 bits per heavy atom. The molecule has 1 nitrogen and oxygen atoms in total. The summed E-state index contributed by atoms with van der Waals surface area (Å²) in [5.41, 5.74) is 4.09. The number of thiol groups is 1. The molecule has 1 unspecified atom stereocenters. The zero-order valence-electron chi connectivity index (χ0n) is 10.0. The van der Waals surface area contributed by atoms with E-state index in [1.807, 2.05) is 0 Å². The van der Waals surface area contributed by atoms with Crippen LogP contribution in [0.1, 0.15) is 36.0 Å². The summed E-state index contributed by atoms with van der Waals surface area (Å²) in [5.74, 6) is 2.46. The summed E-state index contributed by atoms with van der Waals surface area (Å²) in [6.45, 7) is 6.57. The lowest BCUT2D eigenvalue weighted by Crippen LogP contribution is -2.01. The van der Waals surface area contributed by atoms with Gasteiger partial charge in [0.15, 0.2) is 0 Å². The SMILES string of the molecule is COc1cc(C)c(C(C)CCS)c(C)c1. The second-order valence-corrected chi connectivity index (χ2v) is 4.54. The molecule has 0 aliphatic carbocycles. The van der Waals surface area contributed by atoms with Gasteiger partial charge in [0.25, 0.3) is 0 Å². The van der Waals surface area contributed by atoms with Crippen LogP contribution in [0.2, 0.25) is 0 Å². The molecule has 0 saturated carbocycles. The van der Waals surface area contributed by atoms with Crippen molar-refractivity contribution in [1.82, 2.24) is 0 Å². The zero-order valence-corrected chi connectivity index (χ0v) is 10.9. The molecule has 15 heavy (non-hydrogen) atoms. The van der Waals surface area contributed by atoms with Gasteiger partial charge in [0.2, 0.25) is 0 Å². The highest BCUT2D eigenvalue weighted by Crippen LogP contribution is 2.29. The minimum absolute atomic E-state index is 0.577. The van der Waals surface area contributed by atoms with E-state index in [-0.39, 0.29) is 0 Å². The molecule has 0 aliphatic rings. The second-order valence-electron chi connectivity index (χ2n) is 4.09. The number of aryl methyl sites for hydroxylation is 2. The van der Waals surface area contributed by atoms with E-state index in [0.29, 0.717) is 5.92 Å². The largest absolute Gasteiger partial charge is 0.497 e. The lowest BCUT2D eigenvalue weighted by Gasteiger charge is -2.17. The standard InChI is InChI=1S/C13H20OS/c1-9(5-6-15)13-10(2)7-12(14-4)8-11(13)3/h7-9,15H,5-6H2,1-4H3. The van der Waals surface area contributed by atoms with Gasteiger partial charge in [0.1, 0.15) is 5.75 Å². The molecule has 0 aliphatic heterocycles. The van der Waals surface area contributed by atoms with Gasteiger partial charge in [-0.25, -0.2) is 0 Å². The lowest BCUT2D eigenvalue weighted by molar-refractivity contribution is 0.413. The highest BCUT2D eigenvalue weighted by Gasteiger charge is 2.12. The third kappa shape index (κ3) is 2.91. The lowest BCUT2D eigenvalue weighted by atomic mass is 9.90. The average molecular weight is 224 g/mol. The maximum absolute atomic E-state index is 5.26. The Labute approximate surface area is 98.3 Å². The smallest absolute Gasteiger partial charge is 0.119 e. The maximum Gasteiger partial charge on any atom is 0.119 e.